The van der Waals surface area contributed by atoms with Crippen molar-refractivity contribution in [3.63, 3.8) is 0 Å². The van der Waals surface area contributed by atoms with Crippen LogP contribution in [0.25, 0.3) is 0 Å². The lowest BCUT2D eigenvalue weighted by molar-refractivity contribution is -0.0455. The molecule has 3 saturated carbocycles. The molecule has 3 aliphatic rings. The van der Waals surface area contributed by atoms with E-state index < -0.39 is 0 Å². The molecule has 1 N–H and O–H groups in total. The van der Waals surface area contributed by atoms with Crippen molar-refractivity contribution in [2.75, 3.05) is 13.2 Å². The zero-order valence-electron chi connectivity index (χ0n) is 13.7. The van der Waals surface area contributed by atoms with E-state index in [0.29, 0.717) is 16.9 Å². The summed E-state index contributed by atoms with van der Waals surface area (Å²) in [6, 6.07) is 0.763. The molecule has 0 amide bonds. The van der Waals surface area contributed by atoms with Gasteiger partial charge in [-0.2, -0.15) is 0 Å². The number of ether oxygens (including phenoxy) is 1. The Labute approximate surface area is 125 Å². The Bertz CT molecular complexity index is 334. The van der Waals surface area contributed by atoms with Crippen molar-refractivity contribution in [1.29, 1.82) is 0 Å². The summed E-state index contributed by atoms with van der Waals surface area (Å²) >= 11 is 0. The van der Waals surface area contributed by atoms with Gasteiger partial charge >= 0.3 is 0 Å². The van der Waals surface area contributed by atoms with Gasteiger partial charge in [-0.3, -0.25) is 0 Å². The molecule has 0 spiro atoms. The Kier molecular flexibility index (Phi) is 4.16. The van der Waals surface area contributed by atoms with Crippen LogP contribution in [0.1, 0.15) is 72.1 Å². The summed E-state index contributed by atoms with van der Waals surface area (Å²) in [4.78, 5) is 0. The fourth-order valence-electron chi connectivity index (χ4n) is 5.15. The van der Waals surface area contributed by atoms with Crippen molar-refractivity contribution in [3.05, 3.63) is 0 Å². The summed E-state index contributed by atoms with van der Waals surface area (Å²) in [5, 5.41) is 3.70. The molecule has 0 aliphatic heterocycles. The minimum absolute atomic E-state index is 0.419. The Morgan fingerprint density at radius 3 is 2.40 bits per heavy atom. The highest BCUT2D eigenvalue weighted by molar-refractivity contribution is 5.11. The quantitative estimate of drug-likeness (QED) is 0.764. The molecule has 3 fully saturated rings. The maximum atomic E-state index is 6.30. The molecule has 0 radical (unpaired) electrons. The topological polar surface area (TPSA) is 21.3 Å². The average molecular weight is 279 g/mol. The third kappa shape index (κ3) is 2.43. The summed E-state index contributed by atoms with van der Waals surface area (Å²) in [5.74, 6) is 0.892. The molecule has 20 heavy (non-hydrogen) atoms. The van der Waals surface area contributed by atoms with Crippen LogP contribution in [-0.4, -0.2) is 25.3 Å². The van der Waals surface area contributed by atoms with Gasteiger partial charge in [0.25, 0.3) is 0 Å². The monoisotopic (exact) mass is 279 g/mol. The normalized spacial score (nSPS) is 40.4. The highest BCUT2D eigenvalue weighted by atomic mass is 16.5. The zero-order chi connectivity index (χ0) is 14.2. The van der Waals surface area contributed by atoms with E-state index in [-0.39, 0.29) is 0 Å². The van der Waals surface area contributed by atoms with Crippen LogP contribution in [-0.2, 0) is 4.74 Å². The van der Waals surface area contributed by atoms with Crippen LogP contribution in [0.2, 0.25) is 0 Å². The summed E-state index contributed by atoms with van der Waals surface area (Å²) < 4.78 is 6.30. The van der Waals surface area contributed by atoms with E-state index in [9.17, 15) is 0 Å². The van der Waals surface area contributed by atoms with Crippen molar-refractivity contribution in [3.8, 4) is 0 Å². The predicted octanol–water partition coefficient (Wildman–Crippen LogP) is 4.14. The van der Waals surface area contributed by atoms with Gasteiger partial charge in [-0.1, -0.05) is 40.0 Å². The van der Waals surface area contributed by atoms with E-state index in [0.717, 1.165) is 25.1 Å². The first-order valence-electron chi connectivity index (χ1n) is 8.89. The molecule has 0 saturated heterocycles. The molecule has 0 heterocycles. The number of hydrogen-bond donors (Lipinski definition) is 1. The Hall–Kier alpha value is -0.0800. The molecule has 0 aromatic carbocycles. The van der Waals surface area contributed by atoms with Gasteiger partial charge < -0.3 is 10.1 Å². The van der Waals surface area contributed by atoms with Gasteiger partial charge in [0.05, 0.1) is 12.7 Å². The molecular formula is C18H33NO. The molecule has 3 atom stereocenters. The molecule has 2 nitrogen and oxygen atoms in total. The van der Waals surface area contributed by atoms with Crippen molar-refractivity contribution >= 4 is 0 Å². The first-order valence-corrected chi connectivity index (χ1v) is 8.89. The van der Waals surface area contributed by atoms with Crippen molar-refractivity contribution in [2.24, 2.45) is 16.7 Å². The molecule has 0 aromatic rings. The lowest BCUT2D eigenvalue weighted by Crippen LogP contribution is -2.39. The summed E-state index contributed by atoms with van der Waals surface area (Å²) in [5.41, 5.74) is 0.900. The van der Waals surface area contributed by atoms with E-state index in [1.165, 1.54) is 51.4 Å². The van der Waals surface area contributed by atoms with Gasteiger partial charge in [0.2, 0.25) is 0 Å². The molecule has 2 bridgehead atoms. The number of rotatable bonds is 5. The van der Waals surface area contributed by atoms with Gasteiger partial charge in [0.1, 0.15) is 0 Å². The summed E-state index contributed by atoms with van der Waals surface area (Å²) in [7, 11) is 0. The van der Waals surface area contributed by atoms with E-state index in [2.05, 4.69) is 26.1 Å². The molecule has 0 aromatic heterocycles. The highest BCUT2D eigenvalue weighted by Crippen LogP contribution is 2.66. The Balaban J connectivity index is 1.41. The van der Waals surface area contributed by atoms with Crippen molar-refractivity contribution in [1.82, 2.24) is 5.32 Å². The average Bonchev–Trinajstić information content (AvgIpc) is 2.78. The molecular weight excluding hydrogens is 246 g/mol. The summed E-state index contributed by atoms with van der Waals surface area (Å²) in [6.45, 7) is 9.35. The fourth-order valence-corrected chi connectivity index (χ4v) is 5.15. The SMILES string of the molecule is CC1(C)[C@H]2CC[C@]1(C)[C@H](OCCNC1CCCCC1)C2. The molecule has 3 aliphatic carbocycles. The minimum atomic E-state index is 0.419. The second-order valence-corrected chi connectivity index (χ2v) is 8.26. The lowest BCUT2D eigenvalue weighted by atomic mass is 9.70. The fraction of sp³-hybridized carbons (Fsp3) is 1.00. The van der Waals surface area contributed by atoms with Crippen molar-refractivity contribution in [2.45, 2.75) is 84.3 Å². The van der Waals surface area contributed by atoms with Crippen LogP contribution >= 0.6 is 0 Å². The van der Waals surface area contributed by atoms with Gasteiger partial charge in [-0.05, 0) is 48.9 Å². The molecule has 3 rings (SSSR count). The third-order valence-corrected chi connectivity index (χ3v) is 7.17. The van der Waals surface area contributed by atoms with Gasteiger partial charge in [0.15, 0.2) is 0 Å². The third-order valence-electron chi connectivity index (χ3n) is 7.17. The maximum absolute atomic E-state index is 6.30. The molecule has 2 heteroatoms. The maximum Gasteiger partial charge on any atom is 0.0637 e. The second-order valence-electron chi connectivity index (χ2n) is 8.26. The van der Waals surface area contributed by atoms with E-state index >= 15 is 0 Å². The lowest BCUT2D eigenvalue weighted by Gasteiger charge is -2.39. The van der Waals surface area contributed by atoms with Crippen LogP contribution in [0.5, 0.6) is 0 Å². The highest BCUT2D eigenvalue weighted by Gasteiger charge is 2.61. The summed E-state index contributed by atoms with van der Waals surface area (Å²) in [6.07, 6.45) is 11.6. The smallest absolute Gasteiger partial charge is 0.0637 e. The van der Waals surface area contributed by atoms with Crippen molar-refractivity contribution < 1.29 is 4.74 Å². The Morgan fingerprint density at radius 1 is 1.05 bits per heavy atom. The Morgan fingerprint density at radius 2 is 1.80 bits per heavy atom. The van der Waals surface area contributed by atoms with Gasteiger partial charge in [0, 0.05) is 12.6 Å². The van der Waals surface area contributed by atoms with Crippen LogP contribution in [0.15, 0.2) is 0 Å². The van der Waals surface area contributed by atoms with E-state index in [4.69, 9.17) is 4.74 Å². The minimum Gasteiger partial charge on any atom is -0.376 e. The largest absolute Gasteiger partial charge is 0.376 e. The van der Waals surface area contributed by atoms with Crippen LogP contribution in [0.3, 0.4) is 0 Å². The van der Waals surface area contributed by atoms with E-state index in [1.54, 1.807) is 0 Å². The van der Waals surface area contributed by atoms with Gasteiger partial charge in [-0.15, -0.1) is 0 Å². The number of hydrogen-bond acceptors (Lipinski definition) is 2. The van der Waals surface area contributed by atoms with Gasteiger partial charge in [-0.25, -0.2) is 0 Å². The first kappa shape index (κ1) is 14.8. The standard InChI is InChI=1S/C18H33NO/c1-17(2)14-9-10-18(17,3)16(13-14)20-12-11-19-15-7-5-4-6-8-15/h14-16,19H,4-13H2,1-3H3/t14-,16+,18+/m0/s1. The van der Waals surface area contributed by atoms with Crippen LogP contribution in [0, 0.1) is 16.7 Å². The van der Waals surface area contributed by atoms with Crippen LogP contribution in [0.4, 0.5) is 0 Å². The zero-order valence-corrected chi connectivity index (χ0v) is 13.7. The molecule has 0 unspecified atom stereocenters. The van der Waals surface area contributed by atoms with Crippen LogP contribution < -0.4 is 5.32 Å². The number of fused-ring (bicyclic) bond motifs is 2. The predicted molar refractivity (Wildman–Crippen MR) is 83.8 cm³/mol. The van der Waals surface area contributed by atoms with E-state index in [1.807, 2.05) is 0 Å². The number of nitrogens with one attached hydrogen (secondary N) is 1. The first-order chi connectivity index (χ1) is 9.54. The second kappa shape index (κ2) is 5.61. The molecule has 116 valence electrons.